The molecule has 22 heavy (non-hydrogen) atoms. The van der Waals surface area contributed by atoms with Crippen molar-refractivity contribution < 1.29 is 13.2 Å². The zero-order chi connectivity index (χ0) is 17.9. The molecule has 0 bridgehead atoms. The standard InChI is InChI=1S/C14H13Cl2FN4O/c1-6-10-7(4-18-12(6)15)13(20-14(16)19-10)21-2-3-22-5-8-9(17)11(8)21/h4,8-9,11H,2-3,5H2,1H3/t8-,9-,11-/m0/s1/i1D3. The lowest BCUT2D eigenvalue weighted by Gasteiger charge is -2.23. The molecule has 3 heterocycles. The zero-order valence-electron chi connectivity index (χ0n) is 14.3. The topological polar surface area (TPSA) is 51.1 Å². The Kier molecular flexibility index (Phi) is 2.65. The highest BCUT2D eigenvalue weighted by atomic mass is 35.5. The van der Waals surface area contributed by atoms with Crippen LogP contribution in [0, 0.1) is 12.8 Å². The maximum Gasteiger partial charge on any atom is 0.224 e. The molecule has 1 saturated heterocycles. The fourth-order valence-corrected chi connectivity index (χ4v) is 3.23. The van der Waals surface area contributed by atoms with Crippen LogP contribution < -0.4 is 4.90 Å². The monoisotopic (exact) mass is 345 g/mol. The maximum absolute atomic E-state index is 14.1. The van der Waals surface area contributed by atoms with E-state index in [1.165, 1.54) is 6.20 Å². The quantitative estimate of drug-likeness (QED) is 0.587. The first-order valence-electron chi connectivity index (χ1n) is 8.29. The fraction of sp³-hybridized carbons (Fsp3) is 0.500. The molecule has 2 fully saturated rings. The van der Waals surface area contributed by atoms with Crippen molar-refractivity contribution in [1.82, 2.24) is 15.0 Å². The van der Waals surface area contributed by atoms with Crippen molar-refractivity contribution in [1.29, 1.82) is 0 Å². The van der Waals surface area contributed by atoms with Crippen molar-refractivity contribution in [2.24, 2.45) is 5.92 Å². The number of ether oxygens (including phenoxy) is 1. The number of aryl methyl sites for hydroxylation is 1. The molecular formula is C14H13Cl2FN4O. The number of halogens is 3. The van der Waals surface area contributed by atoms with Gasteiger partial charge in [-0.1, -0.05) is 11.6 Å². The Morgan fingerprint density at radius 2 is 2.32 bits per heavy atom. The Morgan fingerprint density at radius 3 is 3.14 bits per heavy atom. The van der Waals surface area contributed by atoms with Gasteiger partial charge in [0.05, 0.1) is 30.2 Å². The number of hydrogen-bond acceptors (Lipinski definition) is 5. The minimum atomic E-state index is -2.52. The molecule has 5 nitrogen and oxygen atoms in total. The van der Waals surface area contributed by atoms with Gasteiger partial charge < -0.3 is 9.64 Å². The van der Waals surface area contributed by atoms with Crippen LogP contribution in [0.25, 0.3) is 10.9 Å². The average Bonchev–Trinajstić information content (AvgIpc) is 3.20. The molecule has 4 rings (SSSR count). The van der Waals surface area contributed by atoms with E-state index in [9.17, 15) is 4.39 Å². The normalized spacial score (nSPS) is 30.2. The summed E-state index contributed by atoms with van der Waals surface area (Å²) in [6.45, 7) is -1.35. The van der Waals surface area contributed by atoms with E-state index in [0.29, 0.717) is 31.0 Å². The molecule has 0 radical (unpaired) electrons. The summed E-state index contributed by atoms with van der Waals surface area (Å²) in [6, 6.07) is -0.372. The van der Waals surface area contributed by atoms with E-state index >= 15 is 0 Å². The van der Waals surface area contributed by atoms with Crippen LogP contribution in [0.5, 0.6) is 0 Å². The highest BCUT2D eigenvalue weighted by Crippen LogP contribution is 2.44. The smallest absolute Gasteiger partial charge is 0.224 e. The van der Waals surface area contributed by atoms with Gasteiger partial charge in [0.2, 0.25) is 5.28 Å². The average molecular weight is 346 g/mol. The number of fused-ring (bicyclic) bond motifs is 2. The molecule has 2 aromatic heterocycles. The second kappa shape index (κ2) is 5.15. The van der Waals surface area contributed by atoms with Gasteiger partial charge in [0.25, 0.3) is 0 Å². The minimum absolute atomic E-state index is 0.104. The first-order valence-corrected chi connectivity index (χ1v) is 7.55. The highest BCUT2D eigenvalue weighted by Gasteiger charge is 2.56. The molecule has 116 valence electrons. The minimum Gasteiger partial charge on any atom is -0.379 e. The molecule has 0 amide bonds. The lowest BCUT2D eigenvalue weighted by atomic mass is 10.2. The fourth-order valence-electron chi connectivity index (χ4n) is 2.93. The van der Waals surface area contributed by atoms with Crippen LogP contribution in [-0.4, -0.2) is 46.9 Å². The van der Waals surface area contributed by atoms with Gasteiger partial charge in [0, 0.05) is 28.3 Å². The van der Waals surface area contributed by atoms with Crippen molar-refractivity contribution in [3.63, 3.8) is 0 Å². The Labute approximate surface area is 140 Å². The third-order valence-electron chi connectivity index (χ3n) is 4.10. The van der Waals surface area contributed by atoms with E-state index in [0.717, 1.165) is 0 Å². The second-order valence-corrected chi connectivity index (χ2v) is 6.07. The molecule has 0 unspecified atom stereocenters. The molecule has 1 aliphatic carbocycles. The van der Waals surface area contributed by atoms with Crippen molar-refractivity contribution in [2.45, 2.75) is 19.1 Å². The lowest BCUT2D eigenvalue weighted by molar-refractivity contribution is 0.131. The summed E-state index contributed by atoms with van der Waals surface area (Å²) in [7, 11) is 0. The number of anilines is 1. The van der Waals surface area contributed by atoms with Crippen LogP contribution in [0.4, 0.5) is 10.2 Å². The largest absolute Gasteiger partial charge is 0.379 e. The Hall–Kier alpha value is -1.24. The lowest BCUT2D eigenvalue weighted by Crippen LogP contribution is -2.31. The number of pyridine rings is 1. The first-order chi connectivity index (χ1) is 11.8. The van der Waals surface area contributed by atoms with Crippen LogP contribution in [-0.2, 0) is 4.74 Å². The molecule has 0 N–H and O–H groups in total. The van der Waals surface area contributed by atoms with E-state index in [1.54, 1.807) is 4.90 Å². The van der Waals surface area contributed by atoms with E-state index < -0.39 is 13.0 Å². The van der Waals surface area contributed by atoms with Gasteiger partial charge in [-0.2, -0.15) is 4.98 Å². The molecule has 8 heteroatoms. The van der Waals surface area contributed by atoms with Crippen molar-refractivity contribution in [3.05, 3.63) is 22.2 Å². The van der Waals surface area contributed by atoms with Crippen LogP contribution in [0.2, 0.25) is 10.4 Å². The summed E-state index contributed by atoms with van der Waals surface area (Å²) in [5.74, 6) is 0.124. The molecule has 1 saturated carbocycles. The number of alkyl halides is 1. The second-order valence-electron chi connectivity index (χ2n) is 5.37. The van der Waals surface area contributed by atoms with Gasteiger partial charge >= 0.3 is 0 Å². The van der Waals surface area contributed by atoms with Gasteiger partial charge in [-0.05, 0) is 18.5 Å². The van der Waals surface area contributed by atoms with E-state index in [-0.39, 0.29) is 33.5 Å². The molecule has 2 aromatic rings. The highest BCUT2D eigenvalue weighted by molar-refractivity contribution is 6.31. The van der Waals surface area contributed by atoms with Gasteiger partial charge in [-0.15, -0.1) is 0 Å². The SMILES string of the molecule is [2H]C([2H])([2H])c1c(Cl)ncc2c(N3CCOC[C@H]4[C@H](F)[C@H]43)nc(Cl)nc12. The van der Waals surface area contributed by atoms with Crippen LogP contribution in [0.1, 0.15) is 9.68 Å². The Balaban J connectivity index is 1.93. The van der Waals surface area contributed by atoms with Gasteiger partial charge in [-0.3, -0.25) is 0 Å². The molecule has 0 aromatic carbocycles. The molecule has 2 aliphatic rings. The van der Waals surface area contributed by atoms with E-state index in [2.05, 4.69) is 15.0 Å². The number of rotatable bonds is 1. The van der Waals surface area contributed by atoms with Crippen LogP contribution in [0.3, 0.4) is 0 Å². The summed E-state index contributed by atoms with van der Waals surface area (Å²) in [6.07, 6.45) is 0.376. The van der Waals surface area contributed by atoms with Crippen LogP contribution in [0.15, 0.2) is 6.20 Å². The first kappa shape index (κ1) is 11.3. The third kappa shape index (κ3) is 2.13. The number of aromatic nitrogens is 3. The van der Waals surface area contributed by atoms with Crippen molar-refractivity contribution in [3.8, 4) is 0 Å². The number of nitrogens with zero attached hydrogens (tertiary/aromatic N) is 4. The molecule has 1 aliphatic heterocycles. The summed E-state index contributed by atoms with van der Waals surface area (Å²) in [4.78, 5) is 14.0. The van der Waals surface area contributed by atoms with Crippen molar-refractivity contribution in [2.75, 3.05) is 24.7 Å². The molecule has 3 atom stereocenters. The summed E-state index contributed by atoms with van der Waals surface area (Å²) in [5, 5.41) is 0.0767. The zero-order valence-corrected chi connectivity index (χ0v) is 12.8. The van der Waals surface area contributed by atoms with E-state index in [4.69, 9.17) is 32.1 Å². The Bertz CT molecular complexity index is 853. The van der Waals surface area contributed by atoms with Gasteiger partial charge in [0.1, 0.15) is 17.1 Å². The molecular weight excluding hydrogens is 330 g/mol. The predicted octanol–water partition coefficient (Wildman–Crippen LogP) is 2.81. The summed E-state index contributed by atoms with van der Waals surface area (Å²) >= 11 is 12.0. The van der Waals surface area contributed by atoms with Gasteiger partial charge in [0.15, 0.2) is 0 Å². The van der Waals surface area contributed by atoms with Gasteiger partial charge in [-0.25, -0.2) is 14.4 Å². The maximum atomic E-state index is 14.1. The Morgan fingerprint density at radius 1 is 1.45 bits per heavy atom. The molecule has 0 spiro atoms. The predicted molar refractivity (Wildman–Crippen MR) is 82.4 cm³/mol. The van der Waals surface area contributed by atoms with Crippen LogP contribution >= 0.6 is 23.2 Å². The number of hydrogen-bond donors (Lipinski definition) is 0. The third-order valence-corrected chi connectivity index (χ3v) is 4.56. The van der Waals surface area contributed by atoms with E-state index in [1.807, 2.05) is 0 Å². The summed E-state index contributed by atoms with van der Waals surface area (Å²) < 4.78 is 42.7. The van der Waals surface area contributed by atoms with Crippen molar-refractivity contribution >= 4 is 39.9 Å². The summed E-state index contributed by atoms with van der Waals surface area (Å²) in [5.41, 5.74) is -0.0831.